The van der Waals surface area contributed by atoms with E-state index in [2.05, 4.69) is 53.1 Å². The first kappa shape index (κ1) is 18.1. The van der Waals surface area contributed by atoms with Gasteiger partial charge in [-0.2, -0.15) is 13.2 Å². The lowest BCUT2D eigenvalue weighted by atomic mass is 10.1. The van der Waals surface area contributed by atoms with Crippen molar-refractivity contribution in [2.75, 3.05) is 0 Å². The van der Waals surface area contributed by atoms with Crippen LogP contribution in [0, 0.1) is 11.6 Å². The van der Waals surface area contributed by atoms with Gasteiger partial charge in [-0.15, -0.1) is 0 Å². The minimum Gasteiger partial charge on any atom is -0.166 e. The Morgan fingerprint density at radius 1 is 0.810 bits per heavy atom. The normalized spacial score (nSPS) is 13.0. The van der Waals surface area contributed by atoms with E-state index >= 15 is 0 Å². The summed E-state index contributed by atoms with van der Waals surface area (Å²) in [7, 11) is -0.580. The quantitative estimate of drug-likeness (QED) is 0.401. The summed E-state index contributed by atoms with van der Waals surface area (Å²) < 4.78 is 37.5. The number of benzene rings is 1. The summed E-state index contributed by atoms with van der Waals surface area (Å²) in [6.45, 7) is 12.9. The molecule has 0 aliphatic heterocycles. The van der Waals surface area contributed by atoms with Gasteiger partial charge in [0.2, 0.25) is 0 Å². The summed E-state index contributed by atoms with van der Waals surface area (Å²) in [4.78, 5) is 0. The van der Waals surface area contributed by atoms with Crippen LogP contribution in [-0.4, -0.2) is 10.3 Å². The van der Waals surface area contributed by atoms with Crippen molar-refractivity contribution in [3.8, 4) is 11.6 Å². The highest BCUT2D eigenvalue weighted by Gasteiger charge is 2.33. The second kappa shape index (κ2) is 6.01. The lowest BCUT2D eigenvalue weighted by molar-refractivity contribution is -0.137. The molecule has 1 aromatic carbocycles. The lowest BCUT2D eigenvalue weighted by Gasteiger charge is -2.37. The molecule has 0 amide bonds. The monoisotopic (exact) mass is 314 g/mol. The maximum atomic E-state index is 12.5. The Morgan fingerprint density at radius 3 is 1.57 bits per heavy atom. The SMILES string of the molecule is CC(C)(C)P(C#Cc1ccc(C(F)(F)F)cc1)C(C)(C)C. The third kappa shape index (κ3) is 5.36. The van der Waals surface area contributed by atoms with E-state index in [9.17, 15) is 13.2 Å². The largest absolute Gasteiger partial charge is 0.416 e. The number of alkyl halides is 3. The molecule has 0 saturated carbocycles. The summed E-state index contributed by atoms with van der Waals surface area (Å²) in [6, 6.07) is 5.05. The van der Waals surface area contributed by atoms with Crippen molar-refractivity contribution in [1.82, 2.24) is 0 Å². The fraction of sp³-hybridized carbons (Fsp3) is 0.529. The van der Waals surface area contributed by atoms with Gasteiger partial charge in [0.1, 0.15) is 0 Å². The predicted octanol–water partition coefficient (Wildman–Crippen LogP) is 6.09. The van der Waals surface area contributed by atoms with Crippen LogP contribution in [0.15, 0.2) is 24.3 Å². The minimum absolute atomic E-state index is 0.0759. The van der Waals surface area contributed by atoms with E-state index in [1.54, 1.807) is 0 Å². The molecule has 0 spiro atoms. The fourth-order valence-electron chi connectivity index (χ4n) is 2.20. The maximum Gasteiger partial charge on any atom is 0.416 e. The molecule has 0 nitrogen and oxygen atoms in total. The molecule has 1 rings (SSSR count). The zero-order valence-corrected chi connectivity index (χ0v) is 14.3. The van der Waals surface area contributed by atoms with Crippen LogP contribution in [0.2, 0.25) is 0 Å². The highest BCUT2D eigenvalue weighted by Crippen LogP contribution is 2.58. The van der Waals surface area contributed by atoms with Gasteiger partial charge < -0.3 is 0 Å². The van der Waals surface area contributed by atoms with Crippen molar-refractivity contribution < 1.29 is 13.2 Å². The Morgan fingerprint density at radius 2 is 1.24 bits per heavy atom. The van der Waals surface area contributed by atoms with Gasteiger partial charge in [0.25, 0.3) is 0 Å². The van der Waals surface area contributed by atoms with Crippen LogP contribution in [-0.2, 0) is 6.18 Å². The molecule has 4 heteroatoms. The zero-order chi connectivity index (χ0) is 16.5. The molecule has 0 bridgehead atoms. The van der Waals surface area contributed by atoms with Gasteiger partial charge >= 0.3 is 6.18 Å². The van der Waals surface area contributed by atoms with Crippen molar-refractivity contribution in [2.45, 2.75) is 58.0 Å². The van der Waals surface area contributed by atoms with Crippen molar-refractivity contribution in [2.24, 2.45) is 0 Å². The molecule has 0 saturated heterocycles. The van der Waals surface area contributed by atoms with Gasteiger partial charge in [0.15, 0.2) is 0 Å². The number of hydrogen-bond donors (Lipinski definition) is 0. The van der Waals surface area contributed by atoms with Gasteiger partial charge in [-0.3, -0.25) is 0 Å². The van der Waals surface area contributed by atoms with Crippen LogP contribution in [0.4, 0.5) is 13.2 Å². The summed E-state index contributed by atoms with van der Waals surface area (Å²) in [5.74, 6) is 3.05. The second-order valence-corrected chi connectivity index (χ2v) is 10.6. The molecule has 0 aliphatic rings. The zero-order valence-electron chi connectivity index (χ0n) is 13.4. The van der Waals surface area contributed by atoms with Crippen LogP contribution in [0.3, 0.4) is 0 Å². The first-order valence-electron chi connectivity index (χ1n) is 6.81. The molecule has 0 aromatic heterocycles. The molecule has 1 aromatic rings. The molecule has 0 fully saturated rings. The van der Waals surface area contributed by atoms with Crippen LogP contribution >= 0.6 is 7.92 Å². The maximum absolute atomic E-state index is 12.5. The number of hydrogen-bond acceptors (Lipinski definition) is 0. The molecule has 0 N–H and O–H groups in total. The molecule has 0 aliphatic carbocycles. The van der Waals surface area contributed by atoms with E-state index in [0.717, 1.165) is 12.1 Å². The topological polar surface area (TPSA) is 0 Å². The van der Waals surface area contributed by atoms with Gasteiger partial charge in [-0.25, -0.2) is 0 Å². The van der Waals surface area contributed by atoms with Crippen molar-refractivity contribution >= 4 is 7.92 Å². The smallest absolute Gasteiger partial charge is 0.166 e. The molecule has 116 valence electrons. The lowest BCUT2D eigenvalue weighted by Crippen LogP contribution is -2.23. The van der Waals surface area contributed by atoms with E-state index in [4.69, 9.17) is 0 Å². The summed E-state index contributed by atoms with van der Waals surface area (Å²) in [5, 5.41) is 0.152. The molecule has 0 unspecified atom stereocenters. The minimum atomic E-state index is -4.30. The van der Waals surface area contributed by atoms with Crippen LogP contribution in [0.1, 0.15) is 52.7 Å². The van der Waals surface area contributed by atoms with E-state index in [1.165, 1.54) is 12.1 Å². The number of rotatable bonds is 0. The van der Waals surface area contributed by atoms with E-state index in [1.807, 2.05) is 0 Å². The van der Waals surface area contributed by atoms with Gasteiger partial charge in [0, 0.05) is 5.56 Å². The molecule has 0 heterocycles. The van der Waals surface area contributed by atoms with Crippen molar-refractivity contribution in [3.05, 3.63) is 35.4 Å². The van der Waals surface area contributed by atoms with Crippen LogP contribution in [0.5, 0.6) is 0 Å². The third-order valence-electron chi connectivity index (χ3n) is 2.87. The standard InChI is InChI=1S/C17H22F3P/c1-15(2,3)21(16(4,5)6)12-11-13-7-9-14(10-8-13)17(18,19)20/h7-10H,1-6H3. The van der Waals surface area contributed by atoms with Crippen LogP contribution in [0.25, 0.3) is 0 Å². The summed E-state index contributed by atoms with van der Waals surface area (Å²) in [5.41, 5.74) is 3.30. The van der Waals surface area contributed by atoms with Gasteiger partial charge in [0.05, 0.1) is 5.56 Å². The van der Waals surface area contributed by atoms with Crippen LogP contribution < -0.4 is 0 Å². The Bertz CT molecular complexity index is 517. The third-order valence-corrected chi connectivity index (χ3v) is 5.88. The Hall–Kier alpha value is -1.00. The van der Waals surface area contributed by atoms with Gasteiger partial charge in [-0.1, -0.05) is 53.1 Å². The van der Waals surface area contributed by atoms with Gasteiger partial charge in [-0.05, 0) is 42.5 Å². The first-order chi connectivity index (χ1) is 9.32. The van der Waals surface area contributed by atoms with E-state index < -0.39 is 19.7 Å². The molecule has 0 atom stereocenters. The first-order valence-corrected chi connectivity index (χ1v) is 8.15. The average molecular weight is 314 g/mol. The van der Waals surface area contributed by atoms with E-state index in [-0.39, 0.29) is 10.3 Å². The molecular weight excluding hydrogens is 292 g/mol. The highest BCUT2D eigenvalue weighted by molar-refractivity contribution is 7.65. The number of halogens is 3. The average Bonchev–Trinajstić information content (AvgIpc) is 2.24. The predicted molar refractivity (Wildman–Crippen MR) is 84.7 cm³/mol. The summed E-state index contributed by atoms with van der Waals surface area (Å²) in [6.07, 6.45) is -4.30. The van der Waals surface area contributed by atoms with Crippen molar-refractivity contribution in [1.29, 1.82) is 0 Å². The van der Waals surface area contributed by atoms with E-state index in [0.29, 0.717) is 5.56 Å². The highest BCUT2D eigenvalue weighted by atomic mass is 31.1. The summed E-state index contributed by atoms with van der Waals surface area (Å²) >= 11 is 0. The van der Waals surface area contributed by atoms with Crippen molar-refractivity contribution in [3.63, 3.8) is 0 Å². The molecular formula is C17H22F3P. The molecule has 0 radical (unpaired) electrons. The Labute approximate surface area is 126 Å². The second-order valence-electron chi connectivity index (χ2n) is 6.99. The molecule has 21 heavy (non-hydrogen) atoms. The fourth-order valence-corrected chi connectivity index (χ4v) is 5.13. The Kier molecular flexibility index (Phi) is 5.17. The Balaban J connectivity index is 3.05.